The molecular weight excluding hydrogens is 1090 g/mol. The number of cyclic esters (lactones) is 1. The third kappa shape index (κ3) is 11.1. The summed E-state index contributed by atoms with van der Waals surface area (Å²) < 4.78 is 51.1. The highest BCUT2D eigenvalue weighted by Crippen LogP contribution is 2.42. The van der Waals surface area contributed by atoms with Crippen molar-refractivity contribution in [3.8, 4) is 29.2 Å². The SMILES string of the molecule is C=C.C=C(C(=O)N1CCN(c2nc(OCC34CCCN3CCC4)nc3c(F)c(/C=c4\c(C#N)c(N)s\c4=C/F)c(Cl)cc23)CC1)C(CCCCN(C)C)Oc1ccc2nc3c(c(CC)c2c1)Cn1c-3cc2c(c1=O)COC(=O)C2O.CC. The molecule has 2 aromatic carbocycles. The number of unbranched alkanes of at least 4 members (excludes halogenated alkanes) is 1. The molecule has 3 fully saturated rings. The normalized spacial score (nSPS) is 17.8. The van der Waals surface area contributed by atoms with Gasteiger partial charge in [-0.15, -0.1) is 24.5 Å². The largest absolute Gasteiger partial charge is 0.486 e. The van der Waals surface area contributed by atoms with Gasteiger partial charge in [-0.2, -0.15) is 15.2 Å². The monoisotopic (exact) mass is 1160 g/mol. The first-order valence-corrected chi connectivity index (χ1v) is 29.1. The molecule has 2 atom stereocenters. The van der Waals surface area contributed by atoms with E-state index in [0.717, 1.165) is 86.0 Å². The lowest BCUT2D eigenvalue weighted by atomic mass is 9.95. The van der Waals surface area contributed by atoms with Gasteiger partial charge in [0.15, 0.2) is 11.9 Å². The first kappa shape index (κ1) is 59.3. The molecule has 5 aliphatic rings. The van der Waals surface area contributed by atoms with Gasteiger partial charge in [-0.1, -0.05) is 39.0 Å². The van der Waals surface area contributed by atoms with E-state index in [0.29, 0.717) is 78.3 Å². The Hall–Kier alpha value is -7.28. The molecule has 0 spiro atoms. The lowest BCUT2D eigenvalue weighted by Gasteiger charge is -2.37. The van der Waals surface area contributed by atoms with E-state index in [1.54, 1.807) is 21.6 Å². The van der Waals surface area contributed by atoms with Gasteiger partial charge in [-0.05, 0) is 127 Å². The van der Waals surface area contributed by atoms with Crippen LogP contribution in [-0.4, -0.2) is 129 Å². The van der Waals surface area contributed by atoms with Crippen molar-refractivity contribution in [2.24, 2.45) is 0 Å². The van der Waals surface area contributed by atoms with Crippen LogP contribution >= 0.6 is 22.9 Å². The zero-order valence-electron chi connectivity index (χ0n) is 47.1. The predicted molar refractivity (Wildman–Crippen MR) is 317 cm³/mol. The van der Waals surface area contributed by atoms with Crippen molar-refractivity contribution in [1.29, 1.82) is 5.26 Å². The summed E-state index contributed by atoms with van der Waals surface area (Å²) in [5.41, 5.74) is 9.83. The first-order chi connectivity index (χ1) is 39.6. The number of piperazine rings is 1. The van der Waals surface area contributed by atoms with Gasteiger partial charge in [0.25, 0.3) is 11.5 Å². The molecule has 0 radical (unpaired) electrons. The molecule has 21 heteroatoms. The number of carbonyl (C=O) groups is 2. The number of nitrogens with zero attached hydrogens (tertiary/aromatic N) is 9. The van der Waals surface area contributed by atoms with Gasteiger partial charge in [-0.3, -0.25) is 14.5 Å². The van der Waals surface area contributed by atoms with Crippen LogP contribution in [0.5, 0.6) is 11.8 Å². The number of rotatable bonds is 15. The van der Waals surface area contributed by atoms with Gasteiger partial charge in [-0.25, -0.2) is 18.6 Å². The van der Waals surface area contributed by atoms with Crippen molar-refractivity contribution in [2.75, 3.05) is 77.1 Å². The van der Waals surface area contributed by atoms with Crippen LogP contribution in [0.3, 0.4) is 0 Å². The fourth-order valence-corrected chi connectivity index (χ4v) is 13.1. The summed E-state index contributed by atoms with van der Waals surface area (Å²) in [6, 6.07) is 10.8. The highest BCUT2D eigenvalue weighted by molar-refractivity contribution is 7.14. The van der Waals surface area contributed by atoms with Crippen LogP contribution < -0.4 is 35.4 Å². The Kier molecular flexibility index (Phi) is 18.1. The summed E-state index contributed by atoms with van der Waals surface area (Å²) >= 11 is 7.74. The average molecular weight is 1160 g/mol. The molecule has 11 rings (SSSR count). The molecule has 0 bridgehead atoms. The topological polar surface area (TPSA) is 205 Å². The lowest BCUT2D eigenvalue weighted by molar-refractivity contribution is -0.157. The number of nitriles is 1. The number of hydrogen-bond acceptors (Lipinski definition) is 16. The van der Waals surface area contributed by atoms with Crippen LogP contribution in [0.2, 0.25) is 5.02 Å². The average Bonchev–Trinajstić information content (AvgIpc) is 3.77. The number of anilines is 2. The Morgan fingerprint density at radius 3 is 2.48 bits per heavy atom. The second kappa shape index (κ2) is 25.1. The van der Waals surface area contributed by atoms with E-state index >= 15 is 4.39 Å². The maximum absolute atomic E-state index is 17.1. The number of nitrogen functional groups attached to an aromatic ring is 1. The molecule has 6 aromatic rings. The molecule has 2 unspecified atom stereocenters. The number of esters is 1. The predicted octanol–water partition coefficient (Wildman–Crippen LogP) is 8.09. The number of carbonyl (C=O) groups excluding carboxylic acids is 2. The van der Waals surface area contributed by atoms with E-state index in [2.05, 4.69) is 34.5 Å². The quantitative estimate of drug-likeness (QED) is 0.0431. The molecule has 4 aromatic heterocycles. The van der Waals surface area contributed by atoms with Crippen molar-refractivity contribution in [2.45, 2.75) is 103 Å². The van der Waals surface area contributed by atoms with Gasteiger partial charge < -0.3 is 44.3 Å². The van der Waals surface area contributed by atoms with Gasteiger partial charge >= 0.3 is 12.0 Å². The number of aliphatic hydroxyl groups is 1. The molecular formula is C61H69ClF2N10O7S. The van der Waals surface area contributed by atoms with Crippen molar-refractivity contribution in [1.82, 2.24) is 34.2 Å². The minimum atomic E-state index is -1.56. The smallest absolute Gasteiger partial charge is 0.340 e. The molecule has 3 N–H and O–H groups in total. The molecule has 0 saturated carbocycles. The van der Waals surface area contributed by atoms with E-state index in [9.17, 15) is 29.1 Å². The maximum Gasteiger partial charge on any atom is 0.340 e. The molecule has 3 saturated heterocycles. The van der Waals surface area contributed by atoms with Crippen LogP contribution in [-0.2, 0) is 33.9 Å². The minimum Gasteiger partial charge on any atom is -0.486 e. The lowest BCUT2D eigenvalue weighted by Crippen LogP contribution is -2.50. The summed E-state index contributed by atoms with van der Waals surface area (Å²) in [5.74, 6) is -0.960. The summed E-state index contributed by atoms with van der Waals surface area (Å²) in [6.45, 7) is 20.8. The summed E-state index contributed by atoms with van der Waals surface area (Å²) in [5, 5.41) is 21.9. The second-order valence-corrected chi connectivity index (χ2v) is 22.5. The maximum atomic E-state index is 17.1. The van der Waals surface area contributed by atoms with Crippen molar-refractivity contribution < 1.29 is 37.7 Å². The number of nitrogens with two attached hydrogens (primary N) is 1. The van der Waals surface area contributed by atoms with E-state index in [-0.39, 0.29) is 96.8 Å². The van der Waals surface area contributed by atoms with Gasteiger partial charge in [0.05, 0.1) is 55.2 Å². The Morgan fingerprint density at radius 2 is 1.79 bits per heavy atom. The van der Waals surface area contributed by atoms with Gasteiger partial charge in [0, 0.05) is 58.9 Å². The van der Waals surface area contributed by atoms with Crippen LogP contribution in [0.1, 0.15) is 105 Å². The molecule has 82 heavy (non-hydrogen) atoms. The first-order valence-electron chi connectivity index (χ1n) is 27.9. The Bertz CT molecular complexity index is 3710. The van der Waals surface area contributed by atoms with E-state index in [1.807, 2.05) is 64.0 Å². The molecule has 432 valence electrons. The number of pyridine rings is 2. The Labute approximate surface area is 484 Å². The van der Waals surface area contributed by atoms with Crippen molar-refractivity contribution in [3.63, 3.8) is 0 Å². The standard InChI is InChI=1S/C57H59ClF2N10O7S.C2H6.C2H4/c1-5-33-34-22-32(11-12-43(34)63-48-40(33)28-70-44(48)25-36-41(54(70)73)29-75-55(74)50(36)71)77-45(10-6-7-15-66(3)4)31(2)53(72)68-20-18-67(19-21-68)52-38-24-42(58)37(23-35-39(27-61)51(62)78-46(35)26-59)47(60)49(38)64-56(65-52)76-30-57-13-8-16-69(57)17-9-14-57;2*1-2/h11-12,22-26,45,50,71H,2,5-10,13-21,28-30,62H2,1,3-4H3;1-2H3;1-2H2/b35-23+,46-26-;;. The Balaban J connectivity index is 0.00000198. The third-order valence-corrected chi connectivity index (χ3v) is 17.5. The molecule has 1 amide bonds. The molecule has 17 nitrogen and oxygen atoms in total. The number of thiophene rings is 1. The van der Waals surface area contributed by atoms with Crippen LogP contribution in [0.15, 0.2) is 60.4 Å². The van der Waals surface area contributed by atoms with Crippen molar-refractivity contribution in [3.05, 3.63) is 120 Å². The summed E-state index contributed by atoms with van der Waals surface area (Å²) in [7, 11) is 4.03. The highest BCUT2D eigenvalue weighted by atomic mass is 35.5. The Morgan fingerprint density at radius 1 is 1.06 bits per heavy atom. The highest BCUT2D eigenvalue weighted by Gasteiger charge is 2.45. The number of amides is 1. The number of aliphatic hydroxyl groups excluding tert-OH is 1. The number of hydrogen-bond donors (Lipinski definition) is 2. The molecule has 9 heterocycles. The van der Waals surface area contributed by atoms with Gasteiger partial charge in [0.1, 0.15) is 53.8 Å². The van der Waals surface area contributed by atoms with Crippen LogP contribution in [0.25, 0.3) is 45.6 Å². The van der Waals surface area contributed by atoms with Crippen molar-refractivity contribution >= 4 is 79.8 Å². The van der Waals surface area contributed by atoms with Crippen LogP contribution in [0, 0.1) is 17.1 Å². The number of fused-ring (bicyclic) bond motifs is 7. The number of aryl methyl sites for hydroxylation is 1. The fourth-order valence-electron chi connectivity index (χ4n) is 12.1. The number of ether oxygens (including phenoxy) is 3. The zero-order valence-corrected chi connectivity index (χ0v) is 48.7. The van der Waals surface area contributed by atoms with Gasteiger partial charge in [0.2, 0.25) is 0 Å². The van der Waals surface area contributed by atoms with E-state index in [1.165, 1.54) is 6.08 Å². The molecule has 5 aliphatic heterocycles. The van der Waals surface area contributed by atoms with E-state index in [4.69, 9.17) is 41.5 Å². The minimum absolute atomic E-state index is 0.00800. The number of benzene rings is 2. The fraction of sp³-hybridized carbons (Fsp3) is 0.426. The number of aromatic nitrogens is 4. The zero-order chi connectivity index (χ0) is 58.7. The summed E-state index contributed by atoms with van der Waals surface area (Å²) in [4.78, 5) is 63.4. The number of halogens is 3. The van der Waals surface area contributed by atoms with E-state index < -0.39 is 24.0 Å². The van der Waals surface area contributed by atoms with Crippen LogP contribution in [0.4, 0.5) is 19.6 Å². The third-order valence-electron chi connectivity index (χ3n) is 16.2. The molecule has 0 aliphatic carbocycles. The second-order valence-electron chi connectivity index (χ2n) is 21.0. The summed E-state index contributed by atoms with van der Waals surface area (Å²) in [6.07, 6.45) is 6.20.